The number of Topliss-reactive ketones (excluding diaryl/α,β-unsaturated/α-hetero) is 1. The first kappa shape index (κ1) is 29.0. The van der Waals surface area contributed by atoms with Gasteiger partial charge in [-0.1, -0.05) is 43.8 Å². The third-order valence-electron chi connectivity index (χ3n) is 12.8. The Morgan fingerprint density at radius 3 is 2.70 bits per heavy atom. The van der Waals surface area contributed by atoms with E-state index in [2.05, 4.69) is 38.1 Å². The molecule has 3 fully saturated rings. The van der Waals surface area contributed by atoms with Gasteiger partial charge in [-0.05, 0) is 99.5 Å². The van der Waals surface area contributed by atoms with E-state index in [0.717, 1.165) is 58.0 Å². The highest BCUT2D eigenvalue weighted by Crippen LogP contribution is 2.78. The Labute approximate surface area is 267 Å². The summed E-state index contributed by atoms with van der Waals surface area (Å²) in [6, 6.07) is 9.58. The Balaban J connectivity index is 1.16. The van der Waals surface area contributed by atoms with Crippen LogP contribution in [-0.2, 0) is 0 Å². The molecule has 8 heteroatoms. The SMILES string of the molecule is CCOc1ccc2nc(SC[C@]3(O)CC[C@H]4[C@]56C=C[C@@]7(C=C5C(=O)c5ccco5)CC(O)CC[C@]7(C)[C@H]6CC[C@@]43C)sc2c1. The lowest BCUT2D eigenvalue weighted by Crippen LogP contribution is -2.67. The van der Waals surface area contributed by atoms with Crippen LogP contribution in [0.4, 0.5) is 0 Å². The molecule has 232 valence electrons. The fraction of sp³-hybridized carbons (Fsp3) is 0.556. The predicted octanol–water partition coefficient (Wildman–Crippen LogP) is 7.85. The molecule has 6 aliphatic carbocycles. The number of ketones is 1. The number of rotatable bonds is 7. The molecule has 3 aromatic rings. The molecule has 1 aromatic carbocycles. The van der Waals surface area contributed by atoms with Gasteiger partial charge in [0.15, 0.2) is 10.1 Å². The van der Waals surface area contributed by atoms with Gasteiger partial charge in [-0.2, -0.15) is 0 Å². The van der Waals surface area contributed by atoms with Crippen molar-refractivity contribution in [2.45, 2.75) is 81.8 Å². The molecule has 2 spiro atoms. The molecule has 9 rings (SSSR count). The van der Waals surface area contributed by atoms with Gasteiger partial charge in [-0.3, -0.25) is 4.79 Å². The first-order valence-electron chi connectivity index (χ1n) is 16.2. The normalized spacial score (nSPS) is 40.4. The van der Waals surface area contributed by atoms with Gasteiger partial charge in [0.2, 0.25) is 5.78 Å². The zero-order valence-corrected chi connectivity index (χ0v) is 27.3. The Morgan fingerprint density at radius 2 is 1.91 bits per heavy atom. The number of furan rings is 1. The van der Waals surface area contributed by atoms with Crippen LogP contribution in [0.25, 0.3) is 10.2 Å². The number of carbonyl (C=O) groups excluding carboxylic acids is 1. The lowest BCUT2D eigenvalue weighted by atomic mass is 9.32. The number of ether oxygens (including phenoxy) is 1. The summed E-state index contributed by atoms with van der Waals surface area (Å²) in [5.74, 6) is 2.14. The lowest BCUT2D eigenvalue weighted by molar-refractivity contribution is -0.166. The zero-order chi connectivity index (χ0) is 30.5. The smallest absolute Gasteiger partial charge is 0.224 e. The Hall–Kier alpha value is -2.39. The van der Waals surface area contributed by atoms with Crippen LogP contribution in [0.15, 0.2) is 69.2 Å². The van der Waals surface area contributed by atoms with Crippen LogP contribution < -0.4 is 4.74 Å². The van der Waals surface area contributed by atoms with Crippen molar-refractivity contribution in [3.05, 3.63) is 66.2 Å². The number of hydrogen-bond acceptors (Lipinski definition) is 8. The Morgan fingerprint density at radius 1 is 1.11 bits per heavy atom. The lowest BCUT2D eigenvalue weighted by Gasteiger charge is -2.71. The number of aliphatic hydroxyl groups is 2. The number of nitrogens with zero attached hydrogens (tertiary/aromatic N) is 1. The molecule has 1 unspecified atom stereocenters. The number of thiazole rings is 1. The standard InChI is InChI=1S/C36H41NO5S2/c1-4-41-23-7-8-25-27(18-23)44-31(37-25)43-21-35(40)14-11-29-33(35,3)13-10-28-32(2)12-9-22(38)19-34(32)15-16-36(28,29)24(20-34)30(39)26-6-5-17-42-26/h5-8,15-18,20,22,28-29,38,40H,4,9-14,19,21H2,1-3H3/t22?,28-,29-,32-,33+,34+,35-,36-/m1/s1. The summed E-state index contributed by atoms with van der Waals surface area (Å²) in [7, 11) is 0. The van der Waals surface area contributed by atoms with Crippen molar-refractivity contribution in [3.8, 4) is 5.75 Å². The molecule has 6 nitrogen and oxygen atoms in total. The number of aromatic nitrogens is 1. The summed E-state index contributed by atoms with van der Waals surface area (Å²) >= 11 is 3.31. The molecule has 3 saturated carbocycles. The van der Waals surface area contributed by atoms with Crippen molar-refractivity contribution >= 4 is 39.1 Å². The fourth-order valence-electron chi connectivity index (χ4n) is 10.5. The summed E-state index contributed by atoms with van der Waals surface area (Å²) in [4.78, 5) is 19.2. The van der Waals surface area contributed by atoms with Crippen molar-refractivity contribution in [2.75, 3.05) is 12.4 Å². The van der Waals surface area contributed by atoms with Gasteiger partial charge in [0.25, 0.3) is 0 Å². The van der Waals surface area contributed by atoms with Crippen molar-refractivity contribution in [1.82, 2.24) is 4.98 Å². The van der Waals surface area contributed by atoms with E-state index in [-0.39, 0.29) is 40.0 Å². The molecule has 2 aromatic heterocycles. The third kappa shape index (κ3) is 3.74. The van der Waals surface area contributed by atoms with E-state index in [1.807, 2.05) is 19.1 Å². The van der Waals surface area contributed by atoms with E-state index in [1.54, 1.807) is 41.5 Å². The second kappa shape index (κ2) is 9.81. The van der Waals surface area contributed by atoms with Crippen molar-refractivity contribution in [2.24, 2.45) is 33.5 Å². The first-order chi connectivity index (χ1) is 21.1. The molecular weight excluding hydrogens is 591 g/mol. The number of aliphatic hydroxyl groups excluding tert-OH is 1. The van der Waals surface area contributed by atoms with Crippen LogP contribution in [0.2, 0.25) is 0 Å². The van der Waals surface area contributed by atoms with Crippen molar-refractivity contribution < 1.29 is 24.2 Å². The van der Waals surface area contributed by atoms with Gasteiger partial charge < -0.3 is 19.4 Å². The first-order valence-corrected chi connectivity index (χ1v) is 18.0. The average molecular weight is 632 g/mol. The van der Waals surface area contributed by atoms with Gasteiger partial charge in [-0.15, -0.1) is 11.3 Å². The second-order valence-electron chi connectivity index (χ2n) is 14.4. The summed E-state index contributed by atoms with van der Waals surface area (Å²) in [5.41, 5.74) is -0.346. The highest BCUT2D eigenvalue weighted by atomic mass is 32.2. The molecule has 2 heterocycles. The topological polar surface area (TPSA) is 92.8 Å². The summed E-state index contributed by atoms with van der Waals surface area (Å²) in [6.45, 7) is 7.31. The van der Waals surface area contributed by atoms with Crippen LogP contribution in [0.3, 0.4) is 0 Å². The third-order valence-corrected chi connectivity index (χ3v) is 15.2. The maximum Gasteiger partial charge on any atom is 0.224 e. The van der Waals surface area contributed by atoms with Crippen LogP contribution >= 0.6 is 23.1 Å². The predicted molar refractivity (Wildman–Crippen MR) is 173 cm³/mol. The number of benzene rings is 1. The number of hydrogen-bond donors (Lipinski definition) is 2. The number of thioether (sulfide) groups is 1. The van der Waals surface area contributed by atoms with Gasteiger partial charge >= 0.3 is 0 Å². The number of carbonyl (C=O) groups is 1. The monoisotopic (exact) mass is 631 g/mol. The molecule has 44 heavy (non-hydrogen) atoms. The summed E-state index contributed by atoms with van der Waals surface area (Å²) in [6.07, 6.45) is 14.0. The van der Waals surface area contributed by atoms with Gasteiger partial charge in [-0.25, -0.2) is 4.98 Å². The van der Waals surface area contributed by atoms with Crippen molar-refractivity contribution in [3.63, 3.8) is 0 Å². The molecule has 0 amide bonds. The quantitative estimate of drug-likeness (QED) is 0.156. The second-order valence-corrected chi connectivity index (χ2v) is 16.7. The molecule has 6 aliphatic rings. The summed E-state index contributed by atoms with van der Waals surface area (Å²) < 4.78 is 13.4. The van der Waals surface area contributed by atoms with E-state index < -0.39 is 11.0 Å². The largest absolute Gasteiger partial charge is 0.494 e. The maximum atomic E-state index is 14.3. The van der Waals surface area contributed by atoms with E-state index in [4.69, 9.17) is 14.1 Å². The fourth-order valence-corrected chi connectivity index (χ4v) is 12.9. The highest BCUT2D eigenvalue weighted by molar-refractivity contribution is 8.01. The van der Waals surface area contributed by atoms with Crippen LogP contribution in [0.1, 0.15) is 76.3 Å². The maximum absolute atomic E-state index is 14.3. The Bertz CT molecular complexity index is 1700. The molecule has 0 saturated heterocycles. The molecule has 2 bridgehead atoms. The van der Waals surface area contributed by atoms with Crippen LogP contribution in [0, 0.1) is 33.5 Å². The van der Waals surface area contributed by atoms with Crippen molar-refractivity contribution in [1.29, 1.82) is 0 Å². The Kier molecular flexibility index (Phi) is 6.47. The van der Waals surface area contributed by atoms with E-state index >= 15 is 0 Å². The number of allylic oxidation sites excluding steroid dienone is 4. The van der Waals surface area contributed by atoms with E-state index in [1.165, 1.54) is 0 Å². The minimum atomic E-state index is -0.890. The van der Waals surface area contributed by atoms with Crippen LogP contribution in [-0.4, -0.2) is 45.0 Å². The highest BCUT2D eigenvalue weighted by Gasteiger charge is 2.74. The van der Waals surface area contributed by atoms with Gasteiger partial charge in [0, 0.05) is 27.6 Å². The van der Waals surface area contributed by atoms with E-state index in [9.17, 15) is 15.0 Å². The minimum Gasteiger partial charge on any atom is -0.494 e. The average Bonchev–Trinajstić information content (AvgIpc) is 3.74. The molecule has 0 aliphatic heterocycles. The summed E-state index contributed by atoms with van der Waals surface area (Å²) in [5, 5.41) is 23.5. The molecular formula is C36H41NO5S2. The van der Waals surface area contributed by atoms with Gasteiger partial charge in [0.1, 0.15) is 5.75 Å². The number of fused-ring (bicyclic) bond motifs is 2. The molecule has 0 radical (unpaired) electrons. The zero-order valence-electron chi connectivity index (χ0n) is 25.7. The van der Waals surface area contributed by atoms with Crippen LogP contribution in [0.5, 0.6) is 5.75 Å². The van der Waals surface area contributed by atoms with Gasteiger partial charge in [0.05, 0.1) is 34.8 Å². The van der Waals surface area contributed by atoms with E-state index in [0.29, 0.717) is 31.0 Å². The molecule has 2 N–H and O–H groups in total. The molecule has 8 atom stereocenters. The minimum absolute atomic E-state index is 0.0409.